The third-order valence-electron chi connectivity index (χ3n) is 3.00. The van der Waals surface area contributed by atoms with Crippen molar-refractivity contribution in [1.29, 1.82) is 0 Å². The zero-order chi connectivity index (χ0) is 15.5. The van der Waals surface area contributed by atoms with Gasteiger partial charge in [0.25, 0.3) is 10.0 Å². The molecular formula is C15H16ClNO3S. The molecule has 1 N–H and O–H groups in total. The molecule has 0 aromatic heterocycles. The van der Waals surface area contributed by atoms with Gasteiger partial charge in [-0.3, -0.25) is 4.72 Å². The van der Waals surface area contributed by atoms with E-state index in [2.05, 4.69) is 4.72 Å². The Morgan fingerprint density at radius 2 is 1.90 bits per heavy atom. The number of sulfonamides is 1. The molecule has 0 unspecified atom stereocenters. The topological polar surface area (TPSA) is 55.4 Å². The molecule has 0 spiro atoms. The van der Waals surface area contributed by atoms with Crippen molar-refractivity contribution in [3.05, 3.63) is 58.6 Å². The predicted octanol–water partition coefficient (Wildman–Crippen LogP) is 3.60. The molecule has 6 heteroatoms. The summed E-state index contributed by atoms with van der Waals surface area (Å²) in [5.74, 6) is 0. The Balaban J connectivity index is 2.40. The highest BCUT2D eigenvalue weighted by atomic mass is 35.5. The van der Waals surface area contributed by atoms with Crippen LogP contribution < -0.4 is 4.72 Å². The average Bonchev–Trinajstić information content (AvgIpc) is 2.43. The minimum atomic E-state index is -3.70. The molecule has 0 atom stereocenters. The first-order chi connectivity index (χ1) is 9.94. The fraction of sp³-hybridized carbons (Fsp3) is 0.200. The summed E-state index contributed by atoms with van der Waals surface area (Å²) in [7, 11) is -2.14. The van der Waals surface area contributed by atoms with Gasteiger partial charge in [-0.1, -0.05) is 35.9 Å². The van der Waals surface area contributed by atoms with E-state index in [9.17, 15) is 8.42 Å². The molecule has 0 saturated heterocycles. The first-order valence-corrected chi connectivity index (χ1v) is 8.16. The molecule has 0 saturated carbocycles. The van der Waals surface area contributed by atoms with E-state index in [0.717, 1.165) is 5.56 Å². The summed E-state index contributed by atoms with van der Waals surface area (Å²) in [4.78, 5) is 0.169. The fourth-order valence-electron chi connectivity index (χ4n) is 1.96. The van der Waals surface area contributed by atoms with Crippen LogP contribution in [0.15, 0.2) is 47.4 Å². The van der Waals surface area contributed by atoms with Gasteiger partial charge in [0.1, 0.15) is 0 Å². The highest BCUT2D eigenvalue weighted by Gasteiger charge is 2.18. The second kappa shape index (κ2) is 6.47. The molecule has 0 heterocycles. The van der Waals surface area contributed by atoms with Crippen LogP contribution >= 0.6 is 11.6 Å². The summed E-state index contributed by atoms with van der Waals surface area (Å²) >= 11 is 5.89. The number of anilines is 1. The molecule has 21 heavy (non-hydrogen) atoms. The minimum Gasteiger partial charge on any atom is -0.380 e. The lowest BCUT2D eigenvalue weighted by Gasteiger charge is -2.13. The number of nitrogens with one attached hydrogen (secondary N) is 1. The number of hydrogen-bond acceptors (Lipinski definition) is 3. The Morgan fingerprint density at radius 3 is 2.62 bits per heavy atom. The monoisotopic (exact) mass is 325 g/mol. The lowest BCUT2D eigenvalue weighted by molar-refractivity contribution is 0.185. The van der Waals surface area contributed by atoms with Crippen molar-refractivity contribution < 1.29 is 13.2 Å². The average molecular weight is 326 g/mol. The summed E-state index contributed by atoms with van der Waals surface area (Å²) in [6, 6.07) is 11.9. The van der Waals surface area contributed by atoms with Crippen LogP contribution in [-0.2, 0) is 21.4 Å². The maximum atomic E-state index is 12.5. The standard InChI is InChI=1S/C15H16ClNO3S/c1-11-7-8-13(16)9-15(11)21(18,19)17-14-6-4-3-5-12(14)10-20-2/h3-9,17H,10H2,1-2H3. The van der Waals surface area contributed by atoms with Crippen LogP contribution in [0.5, 0.6) is 0 Å². The molecule has 112 valence electrons. The number of methoxy groups -OCH3 is 1. The van der Waals surface area contributed by atoms with E-state index in [4.69, 9.17) is 16.3 Å². The van der Waals surface area contributed by atoms with Gasteiger partial charge in [0.05, 0.1) is 17.2 Å². The van der Waals surface area contributed by atoms with Crippen molar-refractivity contribution in [1.82, 2.24) is 0 Å². The number of rotatable bonds is 5. The summed E-state index contributed by atoms with van der Waals surface area (Å²) in [6.45, 7) is 2.05. The van der Waals surface area contributed by atoms with Gasteiger partial charge in [-0.2, -0.15) is 0 Å². The lowest BCUT2D eigenvalue weighted by atomic mass is 10.2. The van der Waals surface area contributed by atoms with Crippen LogP contribution in [0.3, 0.4) is 0 Å². The number of aryl methyl sites for hydroxylation is 1. The van der Waals surface area contributed by atoms with Crippen molar-refractivity contribution in [2.75, 3.05) is 11.8 Å². The van der Waals surface area contributed by atoms with Crippen molar-refractivity contribution >= 4 is 27.3 Å². The van der Waals surface area contributed by atoms with Crippen LogP contribution in [0.25, 0.3) is 0 Å². The summed E-state index contributed by atoms with van der Waals surface area (Å²) in [5.41, 5.74) is 1.90. The molecule has 0 fully saturated rings. The molecule has 0 aliphatic rings. The van der Waals surface area contributed by atoms with Crippen LogP contribution in [0.4, 0.5) is 5.69 Å². The Labute approximate surface area is 129 Å². The van der Waals surface area contributed by atoms with Crippen molar-refractivity contribution in [2.24, 2.45) is 0 Å². The van der Waals surface area contributed by atoms with Crippen molar-refractivity contribution in [3.63, 3.8) is 0 Å². The highest BCUT2D eigenvalue weighted by molar-refractivity contribution is 7.92. The number of benzene rings is 2. The maximum Gasteiger partial charge on any atom is 0.262 e. The van der Waals surface area contributed by atoms with Crippen LogP contribution in [-0.4, -0.2) is 15.5 Å². The first-order valence-electron chi connectivity index (χ1n) is 6.30. The number of hydrogen-bond donors (Lipinski definition) is 1. The Bertz CT molecular complexity index is 744. The van der Waals surface area contributed by atoms with Gasteiger partial charge in [0.15, 0.2) is 0 Å². The normalized spacial score (nSPS) is 11.4. The van der Waals surface area contributed by atoms with Gasteiger partial charge in [-0.25, -0.2) is 8.42 Å². The number of para-hydroxylation sites is 1. The Morgan fingerprint density at radius 1 is 1.19 bits per heavy atom. The van der Waals surface area contributed by atoms with Gasteiger partial charge in [0.2, 0.25) is 0 Å². The van der Waals surface area contributed by atoms with Gasteiger partial charge >= 0.3 is 0 Å². The molecular weight excluding hydrogens is 310 g/mol. The molecule has 0 amide bonds. The largest absolute Gasteiger partial charge is 0.380 e. The van der Waals surface area contributed by atoms with Gasteiger partial charge in [0, 0.05) is 17.7 Å². The summed E-state index contributed by atoms with van der Waals surface area (Å²) in [6.07, 6.45) is 0. The number of ether oxygens (including phenoxy) is 1. The van der Waals surface area contributed by atoms with E-state index in [1.165, 1.54) is 6.07 Å². The maximum absolute atomic E-state index is 12.5. The third kappa shape index (κ3) is 3.75. The molecule has 0 radical (unpaired) electrons. The molecule has 4 nitrogen and oxygen atoms in total. The van der Waals surface area contributed by atoms with Crippen molar-refractivity contribution in [2.45, 2.75) is 18.4 Å². The predicted molar refractivity (Wildman–Crippen MR) is 84.2 cm³/mol. The second-order valence-electron chi connectivity index (χ2n) is 4.61. The summed E-state index contributed by atoms with van der Waals surface area (Å²) in [5, 5.41) is 0.381. The minimum absolute atomic E-state index is 0.169. The van der Waals surface area contributed by atoms with Gasteiger partial charge < -0.3 is 4.74 Å². The van der Waals surface area contributed by atoms with Crippen LogP contribution in [0, 0.1) is 6.92 Å². The second-order valence-corrected chi connectivity index (χ2v) is 6.69. The van der Waals surface area contributed by atoms with Crippen LogP contribution in [0.2, 0.25) is 5.02 Å². The fourth-order valence-corrected chi connectivity index (χ4v) is 3.57. The zero-order valence-corrected chi connectivity index (χ0v) is 13.3. The van der Waals surface area contributed by atoms with E-state index >= 15 is 0 Å². The molecule has 0 aliphatic heterocycles. The number of halogens is 1. The van der Waals surface area contributed by atoms with E-state index < -0.39 is 10.0 Å². The van der Waals surface area contributed by atoms with Gasteiger partial charge in [-0.05, 0) is 30.7 Å². The lowest BCUT2D eigenvalue weighted by Crippen LogP contribution is -2.15. The highest BCUT2D eigenvalue weighted by Crippen LogP contribution is 2.24. The molecule has 2 aromatic rings. The SMILES string of the molecule is COCc1ccccc1NS(=O)(=O)c1cc(Cl)ccc1C. The first kappa shape index (κ1) is 15.8. The zero-order valence-electron chi connectivity index (χ0n) is 11.8. The van der Waals surface area contributed by atoms with Crippen LogP contribution in [0.1, 0.15) is 11.1 Å². The molecule has 0 bridgehead atoms. The van der Waals surface area contributed by atoms with E-state index in [1.54, 1.807) is 38.3 Å². The molecule has 0 aliphatic carbocycles. The van der Waals surface area contributed by atoms with Crippen molar-refractivity contribution in [3.8, 4) is 0 Å². The Kier molecular flexibility index (Phi) is 4.88. The smallest absolute Gasteiger partial charge is 0.262 e. The van der Waals surface area contributed by atoms with E-state index in [0.29, 0.717) is 22.9 Å². The van der Waals surface area contributed by atoms with E-state index in [1.807, 2.05) is 12.1 Å². The third-order valence-corrected chi connectivity index (χ3v) is 4.74. The van der Waals surface area contributed by atoms with E-state index in [-0.39, 0.29) is 4.90 Å². The summed E-state index contributed by atoms with van der Waals surface area (Å²) < 4.78 is 32.7. The molecule has 2 aromatic carbocycles. The molecule has 2 rings (SSSR count). The van der Waals surface area contributed by atoms with Gasteiger partial charge in [-0.15, -0.1) is 0 Å². The quantitative estimate of drug-likeness (QED) is 0.914. The Hall–Kier alpha value is -1.56.